The van der Waals surface area contributed by atoms with Gasteiger partial charge in [0.1, 0.15) is 5.75 Å². The summed E-state index contributed by atoms with van der Waals surface area (Å²) in [6.45, 7) is 0. The second-order valence-corrected chi connectivity index (χ2v) is 6.56. The summed E-state index contributed by atoms with van der Waals surface area (Å²) in [7, 11) is 0. The lowest BCUT2D eigenvalue weighted by molar-refractivity contribution is -0.128. The number of carbonyl (C=O) groups excluding carboxylic acids is 1. The van der Waals surface area contributed by atoms with Gasteiger partial charge in [0.2, 0.25) is 6.10 Å². The number of hydrogen-bond acceptors (Lipinski definition) is 2. The van der Waals surface area contributed by atoms with Gasteiger partial charge in [0.25, 0.3) is 5.91 Å². The van der Waals surface area contributed by atoms with E-state index in [-0.39, 0.29) is 11.9 Å². The highest BCUT2D eigenvalue weighted by molar-refractivity contribution is 9.10. The van der Waals surface area contributed by atoms with E-state index in [1.165, 1.54) is 0 Å². The molecule has 1 aliphatic rings. The standard InChI is InChI=1S/C17H15BrClNO2/c18-14-10-12(19)6-9-15(14)22-16(11-4-2-1-3-5-11)17(21)20-13-7-8-13/h1-6,9-10,13,16H,7-8H2,(H,20,21). The minimum atomic E-state index is -0.681. The predicted octanol–water partition coefficient (Wildman–Crippen LogP) is 4.50. The minimum absolute atomic E-state index is 0.115. The molecule has 0 aromatic heterocycles. The Morgan fingerprint density at radius 3 is 2.59 bits per heavy atom. The fraction of sp³-hybridized carbons (Fsp3) is 0.235. The van der Waals surface area contributed by atoms with Crippen LogP contribution in [0.4, 0.5) is 0 Å². The Labute approximate surface area is 142 Å². The second kappa shape index (κ2) is 6.71. The molecule has 22 heavy (non-hydrogen) atoms. The summed E-state index contributed by atoms with van der Waals surface area (Å²) in [5.41, 5.74) is 0.822. The van der Waals surface area contributed by atoms with Crippen molar-refractivity contribution in [2.75, 3.05) is 0 Å². The van der Waals surface area contributed by atoms with E-state index in [4.69, 9.17) is 16.3 Å². The average Bonchev–Trinajstić information content (AvgIpc) is 3.31. The molecule has 1 saturated carbocycles. The van der Waals surface area contributed by atoms with Gasteiger partial charge in [-0.2, -0.15) is 0 Å². The number of carbonyl (C=O) groups is 1. The largest absolute Gasteiger partial charge is 0.475 e. The maximum absolute atomic E-state index is 12.5. The molecule has 114 valence electrons. The Morgan fingerprint density at radius 1 is 1.23 bits per heavy atom. The van der Waals surface area contributed by atoms with Crippen LogP contribution < -0.4 is 10.1 Å². The first kappa shape index (κ1) is 15.4. The van der Waals surface area contributed by atoms with Crippen molar-refractivity contribution in [3.8, 4) is 5.75 Å². The topological polar surface area (TPSA) is 38.3 Å². The molecule has 3 rings (SSSR count). The molecule has 5 heteroatoms. The van der Waals surface area contributed by atoms with E-state index in [0.717, 1.165) is 22.9 Å². The molecule has 0 bridgehead atoms. The summed E-state index contributed by atoms with van der Waals surface area (Å²) in [4.78, 5) is 12.5. The van der Waals surface area contributed by atoms with Crippen molar-refractivity contribution in [1.29, 1.82) is 0 Å². The molecule has 3 nitrogen and oxygen atoms in total. The maximum Gasteiger partial charge on any atom is 0.266 e. The maximum atomic E-state index is 12.5. The van der Waals surface area contributed by atoms with Crippen molar-refractivity contribution < 1.29 is 9.53 Å². The normalized spacial score (nSPS) is 15.2. The summed E-state index contributed by atoms with van der Waals surface area (Å²) in [5, 5.41) is 3.61. The first-order valence-electron chi connectivity index (χ1n) is 7.10. The van der Waals surface area contributed by atoms with E-state index in [0.29, 0.717) is 10.8 Å². The van der Waals surface area contributed by atoms with Crippen molar-refractivity contribution in [3.05, 3.63) is 63.6 Å². The van der Waals surface area contributed by atoms with Crippen molar-refractivity contribution in [3.63, 3.8) is 0 Å². The number of benzene rings is 2. The third-order valence-corrected chi connectivity index (χ3v) is 4.26. The summed E-state index contributed by atoms with van der Waals surface area (Å²) < 4.78 is 6.68. The Balaban J connectivity index is 1.85. The molecule has 0 aliphatic heterocycles. The number of amides is 1. The fourth-order valence-corrected chi connectivity index (χ4v) is 2.88. The van der Waals surface area contributed by atoms with Crippen LogP contribution in [0.25, 0.3) is 0 Å². The molecule has 2 aromatic carbocycles. The molecular weight excluding hydrogens is 366 g/mol. The van der Waals surface area contributed by atoms with Crippen LogP contribution in [0.2, 0.25) is 5.02 Å². The molecule has 0 saturated heterocycles. The van der Waals surface area contributed by atoms with Crippen LogP contribution >= 0.6 is 27.5 Å². The van der Waals surface area contributed by atoms with Gasteiger partial charge < -0.3 is 10.1 Å². The SMILES string of the molecule is O=C(NC1CC1)C(Oc1ccc(Cl)cc1Br)c1ccccc1. The second-order valence-electron chi connectivity index (χ2n) is 5.27. The molecule has 1 N–H and O–H groups in total. The van der Waals surface area contributed by atoms with E-state index in [1.54, 1.807) is 18.2 Å². The number of hydrogen-bond donors (Lipinski definition) is 1. The van der Waals surface area contributed by atoms with Crippen LogP contribution in [0, 0.1) is 0 Å². The molecule has 1 unspecified atom stereocenters. The van der Waals surface area contributed by atoms with Gasteiger partial charge in [-0.25, -0.2) is 0 Å². The molecule has 0 radical (unpaired) electrons. The highest BCUT2D eigenvalue weighted by atomic mass is 79.9. The smallest absolute Gasteiger partial charge is 0.266 e. The van der Waals surface area contributed by atoms with Gasteiger partial charge in [-0.3, -0.25) is 4.79 Å². The third kappa shape index (κ3) is 3.81. The highest BCUT2D eigenvalue weighted by Gasteiger charge is 2.30. The van der Waals surface area contributed by atoms with Crippen molar-refractivity contribution >= 4 is 33.4 Å². The third-order valence-electron chi connectivity index (χ3n) is 3.40. The number of nitrogens with one attached hydrogen (secondary N) is 1. The molecule has 1 aliphatic carbocycles. The lowest BCUT2D eigenvalue weighted by Gasteiger charge is -2.20. The Kier molecular flexibility index (Phi) is 4.69. The average molecular weight is 381 g/mol. The van der Waals surface area contributed by atoms with Gasteiger partial charge in [-0.1, -0.05) is 41.9 Å². The van der Waals surface area contributed by atoms with Crippen LogP contribution in [0.15, 0.2) is 53.0 Å². The van der Waals surface area contributed by atoms with Crippen LogP contribution in [-0.4, -0.2) is 11.9 Å². The molecule has 0 spiro atoms. The van der Waals surface area contributed by atoms with Gasteiger partial charge in [-0.15, -0.1) is 0 Å². The summed E-state index contributed by atoms with van der Waals surface area (Å²) in [6, 6.07) is 15.0. The van der Waals surface area contributed by atoms with Crippen molar-refractivity contribution in [2.24, 2.45) is 0 Å². The summed E-state index contributed by atoms with van der Waals surface area (Å²) in [5.74, 6) is 0.472. The lowest BCUT2D eigenvalue weighted by atomic mass is 10.1. The van der Waals surface area contributed by atoms with Crippen LogP contribution in [0.5, 0.6) is 5.75 Å². The van der Waals surface area contributed by atoms with Gasteiger partial charge in [0.05, 0.1) is 4.47 Å². The Morgan fingerprint density at radius 2 is 1.95 bits per heavy atom. The van der Waals surface area contributed by atoms with Gasteiger partial charge >= 0.3 is 0 Å². The van der Waals surface area contributed by atoms with E-state index >= 15 is 0 Å². The molecular formula is C17H15BrClNO2. The summed E-state index contributed by atoms with van der Waals surface area (Å²) >= 11 is 9.36. The van der Waals surface area contributed by atoms with Gasteiger partial charge in [-0.05, 0) is 47.0 Å². The van der Waals surface area contributed by atoms with E-state index in [1.807, 2.05) is 30.3 Å². The molecule has 1 amide bonds. The van der Waals surface area contributed by atoms with Crippen LogP contribution in [0.3, 0.4) is 0 Å². The highest BCUT2D eigenvalue weighted by Crippen LogP contribution is 2.32. The fourth-order valence-electron chi connectivity index (χ4n) is 2.10. The minimum Gasteiger partial charge on any atom is -0.475 e. The van der Waals surface area contributed by atoms with Gasteiger partial charge in [0.15, 0.2) is 0 Å². The van der Waals surface area contributed by atoms with Crippen LogP contribution in [-0.2, 0) is 4.79 Å². The first-order chi connectivity index (χ1) is 10.6. The zero-order valence-corrected chi connectivity index (χ0v) is 14.1. The number of ether oxygens (including phenoxy) is 1. The van der Waals surface area contributed by atoms with Crippen molar-refractivity contribution in [2.45, 2.75) is 25.0 Å². The number of halogens is 2. The van der Waals surface area contributed by atoms with Gasteiger partial charge in [0, 0.05) is 16.6 Å². The monoisotopic (exact) mass is 379 g/mol. The molecule has 1 atom stereocenters. The van der Waals surface area contributed by atoms with E-state index in [9.17, 15) is 4.79 Å². The first-order valence-corrected chi connectivity index (χ1v) is 8.27. The number of rotatable bonds is 5. The quantitative estimate of drug-likeness (QED) is 0.829. The predicted molar refractivity (Wildman–Crippen MR) is 90.1 cm³/mol. The lowest BCUT2D eigenvalue weighted by Crippen LogP contribution is -2.33. The molecule has 2 aromatic rings. The molecule has 0 heterocycles. The summed E-state index contributed by atoms with van der Waals surface area (Å²) in [6.07, 6.45) is 1.40. The zero-order chi connectivity index (χ0) is 15.5. The molecule has 1 fully saturated rings. The van der Waals surface area contributed by atoms with E-state index < -0.39 is 6.10 Å². The van der Waals surface area contributed by atoms with Crippen molar-refractivity contribution in [1.82, 2.24) is 5.32 Å². The zero-order valence-electron chi connectivity index (χ0n) is 11.8. The Bertz CT molecular complexity index is 674. The Hall–Kier alpha value is -1.52. The van der Waals surface area contributed by atoms with E-state index in [2.05, 4.69) is 21.2 Å². The van der Waals surface area contributed by atoms with Crippen LogP contribution in [0.1, 0.15) is 24.5 Å².